The lowest BCUT2D eigenvalue weighted by atomic mass is 10.1. The molecule has 2 heterocycles. The number of amides is 3. The van der Waals surface area contributed by atoms with Gasteiger partial charge in [0.05, 0.1) is 5.56 Å². The average molecular weight is 484 g/mol. The van der Waals surface area contributed by atoms with Crippen molar-refractivity contribution >= 4 is 23.3 Å². The summed E-state index contributed by atoms with van der Waals surface area (Å²) in [7, 11) is 0. The fourth-order valence-electron chi connectivity index (χ4n) is 3.69. The van der Waals surface area contributed by atoms with Gasteiger partial charge >= 0.3 is 12.2 Å². The van der Waals surface area contributed by atoms with Gasteiger partial charge in [-0.3, -0.25) is 14.7 Å². The first-order valence-corrected chi connectivity index (χ1v) is 10.9. The van der Waals surface area contributed by atoms with Crippen LogP contribution in [0.2, 0.25) is 0 Å². The van der Waals surface area contributed by atoms with Gasteiger partial charge in [0, 0.05) is 36.2 Å². The molecule has 1 aliphatic heterocycles. The molecule has 0 bridgehead atoms. The number of fused-ring (bicyclic) bond motifs is 1. The zero-order valence-corrected chi connectivity index (χ0v) is 19.0. The summed E-state index contributed by atoms with van der Waals surface area (Å²) in [6, 6.07) is 12.3. The molecule has 0 unspecified atom stereocenters. The quantitative estimate of drug-likeness (QED) is 0.492. The largest absolute Gasteiger partial charge is 0.457 e. The van der Waals surface area contributed by atoms with E-state index in [0.717, 1.165) is 17.7 Å². The first-order valence-electron chi connectivity index (χ1n) is 10.9. The molecule has 182 valence electrons. The summed E-state index contributed by atoms with van der Waals surface area (Å²) in [5.74, 6) is 0.651. The third-order valence-electron chi connectivity index (χ3n) is 5.25. The lowest BCUT2D eigenvalue weighted by molar-refractivity contribution is -0.137. The topological polar surface area (TPSA) is 83.6 Å². The van der Waals surface area contributed by atoms with E-state index in [1.807, 2.05) is 13.8 Å². The highest BCUT2D eigenvalue weighted by molar-refractivity contribution is 6.03. The summed E-state index contributed by atoms with van der Waals surface area (Å²) in [6.45, 7) is 4.08. The molecule has 4 rings (SSSR count). The molecule has 35 heavy (non-hydrogen) atoms. The molecule has 3 aromatic rings. The van der Waals surface area contributed by atoms with Crippen LogP contribution in [0.3, 0.4) is 0 Å². The van der Waals surface area contributed by atoms with E-state index >= 15 is 0 Å². The van der Waals surface area contributed by atoms with Crippen molar-refractivity contribution in [3.8, 4) is 11.5 Å². The second kappa shape index (κ2) is 9.65. The van der Waals surface area contributed by atoms with E-state index in [9.17, 15) is 22.8 Å². The van der Waals surface area contributed by atoms with Crippen LogP contribution in [0.4, 0.5) is 29.3 Å². The SMILES string of the molecule is CC(C)NC(=O)c1cc(Oc2ccc3c(c2)CCN3C(=O)Nc2cccc(C(F)(F)F)c2)ccn1. The number of nitrogens with one attached hydrogen (secondary N) is 2. The number of benzene rings is 2. The summed E-state index contributed by atoms with van der Waals surface area (Å²) in [5, 5.41) is 5.30. The van der Waals surface area contributed by atoms with Crippen LogP contribution in [0.25, 0.3) is 0 Å². The zero-order chi connectivity index (χ0) is 25.2. The second-order valence-corrected chi connectivity index (χ2v) is 8.31. The van der Waals surface area contributed by atoms with Crippen molar-refractivity contribution in [2.75, 3.05) is 16.8 Å². The molecule has 0 radical (unpaired) electrons. The van der Waals surface area contributed by atoms with Gasteiger partial charge in [0.2, 0.25) is 0 Å². The molecular formula is C25H23F3N4O3. The predicted molar refractivity (Wildman–Crippen MR) is 125 cm³/mol. The molecule has 7 nitrogen and oxygen atoms in total. The van der Waals surface area contributed by atoms with Crippen LogP contribution in [0, 0.1) is 0 Å². The number of alkyl halides is 3. The molecule has 0 saturated heterocycles. The molecule has 2 aromatic carbocycles. The summed E-state index contributed by atoms with van der Waals surface area (Å²) in [5.41, 5.74) is 0.963. The minimum absolute atomic E-state index is 0.0284. The Hall–Kier alpha value is -4.08. The molecule has 2 N–H and O–H groups in total. The normalized spacial score (nSPS) is 12.9. The van der Waals surface area contributed by atoms with E-state index in [1.54, 1.807) is 30.3 Å². The number of hydrogen-bond acceptors (Lipinski definition) is 4. The minimum atomic E-state index is -4.49. The Morgan fingerprint density at radius 1 is 1.06 bits per heavy atom. The predicted octanol–water partition coefficient (Wildman–Crippen LogP) is 5.63. The highest BCUT2D eigenvalue weighted by Gasteiger charge is 2.31. The van der Waals surface area contributed by atoms with Gasteiger partial charge in [-0.2, -0.15) is 13.2 Å². The van der Waals surface area contributed by atoms with Gasteiger partial charge in [0.25, 0.3) is 5.91 Å². The number of carbonyl (C=O) groups is 2. The number of ether oxygens (including phenoxy) is 1. The fraction of sp³-hybridized carbons (Fsp3) is 0.240. The van der Waals surface area contributed by atoms with Gasteiger partial charge in [-0.05, 0) is 68.3 Å². The van der Waals surface area contributed by atoms with Crippen LogP contribution >= 0.6 is 0 Å². The van der Waals surface area contributed by atoms with Crippen LogP contribution in [-0.4, -0.2) is 29.5 Å². The smallest absolute Gasteiger partial charge is 0.416 e. The van der Waals surface area contributed by atoms with E-state index in [1.165, 1.54) is 23.2 Å². The number of carbonyl (C=O) groups excluding carboxylic acids is 2. The number of pyridine rings is 1. The summed E-state index contributed by atoms with van der Waals surface area (Å²) >= 11 is 0. The van der Waals surface area contributed by atoms with Gasteiger partial charge in [0.1, 0.15) is 17.2 Å². The van der Waals surface area contributed by atoms with E-state index in [-0.39, 0.29) is 23.3 Å². The van der Waals surface area contributed by atoms with Crippen molar-refractivity contribution in [1.82, 2.24) is 10.3 Å². The molecule has 0 spiro atoms. The summed E-state index contributed by atoms with van der Waals surface area (Å²) < 4.78 is 44.7. The van der Waals surface area contributed by atoms with E-state index in [0.29, 0.717) is 30.2 Å². The summed E-state index contributed by atoms with van der Waals surface area (Å²) in [4.78, 5) is 30.5. The number of nitrogens with zero attached hydrogens (tertiary/aromatic N) is 2. The number of hydrogen-bond donors (Lipinski definition) is 2. The Morgan fingerprint density at radius 2 is 1.83 bits per heavy atom. The first-order chi connectivity index (χ1) is 16.6. The first kappa shape index (κ1) is 24.1. The highest BCUT2D eigenvalue weighted by atomic mass is 19.4. The number of aromatic nitrogens is 1. The lowest BCUT2D eigenvalue weighted by Gasteiger charge is -2.19. The maximum absolute atomic E-state index is 13.0. The van der Waals surface area contributed by atoms with Crippen molar-refractivity contribution in [3.05, 3.63) is 77.6 Å². The van der Waals surface area contributed by atoms with Gasteiger partial charge in [-0.15, -0.1) is 0 Å². The molecule has 3 amide bonds. The Kier molecular flexibility index (Phi) is 6.63. The third kappa shape index (κ3) is 5.71. The van der Waals surface area contributed by atoms with Gasteiger partial charge in [0.15, 0.2) is 0 Å². The van der Waals surface area contributed by atoms with E-state index < -0.39 is 17.8 Å². The molecule has 1 aromatic heterocycles. The zero-order valence-electron chi connectivity index (χ0n) is 19.0. The Balaban J connectivity index is 1.46. The monoisotopic (exact) mass is 484 g/mol. The van der Waals surface area contributed by atoms with Crippen molar-refractivity contribution in [3.63, 3.8) is 0 Å². The van der Waals surface area contributed by atoms with Crippen molar-refractivity contribution in [1.29, 1.82) is 0 Å². The van der Waals surface area contributed by atoms with E-state index in [4.69, 9.17) is 4.74 Å². The number of anilines is 2. The maximum Gasteiger partial charge on any atom is 0.416 e. The second-order valence-electron chi connectivity index (χ2n) is 8.31. The van der Waals surface area contributed by atoms with Crippen molar-refractivity contribution in [2.24, 2.45) is 0 Å². The molecule has 10 heteroatoms. The number of rotatable bonds is 5. The third-order valence-corrected chi connectivity index (χ3v) is 5.25. The van der Waals surface area contributed by atoms with Crippen LogP contribution in [0.1, 0.15) is 35.5 Å². The van der Waals surface area contributed by atoms with Crippen LogP contribution in [0.15, 0.2) is 60.8 Å². The Labute approximate surface area is 199 Å². The molecule has 0 saturated carbocycles. The van der Waals surface area contributed by atoms with Gasteiger partial charge < -0.3 is 15.4 Å². The Bertz CT molecular complexity index is 1260. The van der Waals surface area contributed by atoms with Gasteiger partial charge in [-0.1, -0.05) is 6.07 Å². The molecule has 0 fully saturated rings. The average Bonchev–Trinajstić information content (AvgIpc) is 3.22. The fourth-order valence-corrected chi connectivity index (χ4v) is 3.69. The van der Waals surface area contributed by atoms with Crippen molar-refractivity contribution in [2.45, 2.75) is 32.5 Å². The van der Waals surface area contributed by atoms with Crippen LogP contribution < -0.4 is 20.3 Å². The summed E-state index contributed by atoms with van der Waals surface area (Å²) in [6.07, 6.45) is -2.45. The minimum Gasteiger partial charge on any atom is -0.457 e. The van der Waals surface area contributed by atoms with Gasteiger partial charge in [-0.25, -0.2) is 4.79 Å². The molecule has 0 aliphatic carbocycles. The lowest BCUT2D eigenvalue weighted by Crippen LogP contribution is -2.33. The standard InChI is InChI=1S/C25H23F3N4O3/c1-15(2)30-23(33)21-14-20(8-10-29-21)35-19-6-7-22-16(12-19)9-11-32(22)24(34)31-18-5-3-4-17(13-18)25(26,27)28/h3-8,10,12-15H,9,11H2,1-2H3,(H,30,33)(H,31,34). The van der Waals surface area contributed by atoms with Crippen molar-refractivity contribution < 1.29 is 27.5 Å². The number of halogens is 3. The number of urea groups is 1. The maximum atomic E-state index is 13.0. The van der Waals surface area contributed by atoms with Crippen LogP contribution in [-0.2, 0) is 12.6 Å². The molecular weight excluding hydrogens is 461 g/mol. The molecule has 0 atom stereocenters. The Morgan fingerprint density at radius 3 is 2.57 bits per heavy atom. The van der Waals surface area contributed by atoms with E-state index in [2.05, 4.69) is 15.6 Å². The van der Waals surface area contributed by atoms with Crippen LogP contribution in [0.5, 0.6) is 11.5 Å². The molecule has 1 aliphatic rings. The highest BCUT2D eigenvalue weighted by Crippen LogP contribution is 2.34.